The van der Waals surface area contributed by atoms with Gasteiger partial charge in [0.25, 0.3) is 0 Å². The lowest BCUT2D eigenvalue weighted by Gasteiger charge is -2.31. The molecule has 1 unspecified atom stereocenters. The molecule has 112 valence electrons. The minimum atomic E-state index is -0.190. The van der Waals surface area contributed by atoms with Gasteiger partial charge in [0.05, 0.1) is 5.69 Å². The number of aliphatic hydroxyl groups is 1. The van der Waals surface area contributed by atoms with Gasteiger partial charge in [-0.1, -0.05) is 24.8 Å². The maximum Gasteiger partial charge on any atom is 0.321 e. The van der Waals surface area contributed by atoms with E-state index < -0.39 is 0 Å². The summed E-state index contributed by atoms with van der Waals surface area (Å²) in [6.45, 7) is 5.56. The number of urea groups is 1. The van der Waals surface area contributed by atoms with Gasteiger partial charge < -0.3 is 15.3 Å². The van der Waals surface area contributed by atoms with E-state index in [9.17, 15) is 4.79 Å². The number of likely N-dealkylation sites (tertiary alicyclic amines) is 1. The van der Waals surface area contributed by atoms with Crippen molar-refractivity contribution < 1.29 is 9.90 Å². The molecule has 4 nitrogen and oxygen atoms in total. The lowest BCUT2D eigenvalue weighted by Crippen LogP contribution is -2.41. The van der Waals surface area contributed by atoms with Gasteiger partial charge in [0.2, 0.25) is 0 Å². The summed E-state index contributed by atoms with van der Waals surface area (Å²) in [7, 11) is 0. The monoisotopic (exact) mass is 286 g/mol. The average molecular weight is 286 g/mol. The molecule has 1 aliphatic heterocycles. The van der Waals surface area contributed by atoms with Crippen LogP contribution < -0.4 is 5.32 Å². The van der Waals surface area contributed by atoms with Crippen molar-refractivity contribution in [3.05, 3.63) is 29.3 Å². The summed E-state index contributed by atoms with van der Waals surface area (Å²) >= 11 is 0. The van der Waals surface area contributed by atoms with Crippen LogP contribution in [-0.2, 0) is 0 Å². The number of amides is 2. The van der Waals surface area contributed by atoms with Gasteiger partial charge in [0, 0.05) is 18.7 Å². The smallest absolute Gasteiger partial charge is 0.321 e. The van der Waals surface area contributed by atoms with E-state index >= 15 is 0 Å². The molecule has 1 aromatic rings. The molecular formula is C17H22N2O2. The van der Waals surface area contributed by atoms with Crippen molar-refractivity contribution in [3.63, 3.8) is 0 Å². The maximum absolute atomic E-state index is 12.3. The molecule has 0 saturated carbocycles. The molecule has 21 heavy (non-hydrogen) atoms. The van der Waals surface area contributed by atoms with Crippen LogP contribution in [-0.4, -0.2) is 35.7 Å². The Hall–Kier alpha value is -1.99. The molecule has 1 aliphatic rings. The number of carbonyl (C=O) groups excluding carboxylic acids is 1. The Morgan fingerprint density at radius 3 is 3.05 bits per heavy atom. The number of rotatable bonds is 1. The fourth-order valence-electron chi connectivity index (χ4n) is 2.57. The molecule has 1 saturated heterocycles. The summed E-state index contributed by atoms with van der Waals surface area (Å²) in [5.41, 5.74) is 2.51. The molecule has 0 aliphatic carbocycles. The minimum Gasteiger partial charge on any atom is -0.384 e. The van der Waals surface area contributed by atoms with E-state index in [1.165, 1.54) is 6.42 Å². The molecule has 1 aromatic carbocycles. The summed E-state index contributed by atoms with van der Waals surface area (Å²) in [6, 6.07) is 5.65. The van der Waals surface area contributed by atoms with Gasteiger partial charge in [-0.3, -0.25) is 0 Å². The zero-order valence-electron chi connectivity index (χ0n) is 12.6. The van der Waals surface area contributed by atoms with Crippen LogP contribution in [0.1, 0.15) is 30.9 Å². The van der Waals surface area contributed by atoms with Gasteiger partial charge in [-0.15, -0.1) is 0 Å². The van der Waals surface area contributed by atoms with Crippen molar-refractivity contribution in [2.45, 2.75) is 26.7 Å². The van der Waals surface area contributed by atoms with Crippen LogP contribution in [0.15, 0.2) is 18.2 Å². The predicted octanol–water partition coefficient (Wildman–Crippen LogP) is 2.60. The number of carbonyl (C=O) groups is 1. The first-order valence-electron chi connectivity index (χ1n) is 7.36. The zero-order chi connectivity index (χ0) is 15.2. The van der Waals surface area contributed by atoms with Gasteiger partial charge in [0.1, 0.15) is 6.61 Å². The van der Waals surface area contributed by atoms with Gasteiger partial charge >= 0.3 is 6.03 Å². The Bertz CT molecular complexity index is 572. The van der Waals surface area contributed by atoms with E-state index in [1.807, 2.05) is 30.0 Å². The number of aryl methyl sites for hydroxylation is 1. The van der Waals surface area contributed by atoms with Gasteiger partial charge in [-0.25, -0.2) is 4.79 Å². The molecule has 1 fully saturated rings. The molecule has 0 spiro atoms. The van der Waals surface area contributed by atoms with E-state index in [1.54, 1.807) is 0 Å². The number of aliphatic hydroxyl groups excluding tert-OH is 1. The molecule has 2 rings (SSSR count). The molecule has 4 heteroatoms. The first-order chi connectivity index (χ1) is 10.1. The van der Waals surface area contributed by atoms with Crippen LogP contribution >= 0.6 is 0 Å². The van der Waals surface area contributed by atoms with Crippen LogP contribution in [0.5, 0.6) is 0 Å². The molecular weight excluding hydrogens is 264 g/mol. The standard InChI is InChI=1S/C17H22N2O2/c1-13-7-8-16(15(11-13)6-4-10-20)18-17(21)19-9-3-5-14(2)12-19/h7-8,11,14,20H,3,5,9-10,12H2,1-2H3,(H,18,21). The Kier molecular flexibility index (Phi) is 5.24. The predicted molar refractivity (Wildman–Crippen MR) is 84.1 cm³/mol. The summed E-state index contributed by atoms with van der Waals surface area (Å²) in [4.78, 5) is 14.2. The Balaban J connectivity index is 2.13. The molecule has 1 heterocycles. The summed E-state index contributed by atoms with van der Waals surface area (Å²) in [5.74, 6) is 6.07. The van der Waals surface area contributed by atoms with Crippen LogP contribution in [0.3, 0.4) is 0 Å². The Labute approximate surface area is 126 Å². The highest BCUT2D eigenvalue weighted by atomic mass is 16.2. The van der Waals surface area contributed by atoms with Crippen LogP contribution in [0.4, 0.5) is 10.5 Å². The number of nitrogens with one attached hydrogen (secondary N) is 1. The summed E-state index contributed by atoms with van der Waals surface area (Å²) in [6.07, 6.45) is 2.24. The fraction of sp³-hybridized carbons (Fsp3) is 0.471. The van der Waals surface area contributed by atoms with E-state index in [2.05, 4.69) is 24.1 Å². The van der Waals surface area contributed by atoms with Crippen molar-refractivity contribution in [3.8, 4) is 11.8 Å². The number of piperidine rings is 1. The zero-order valence-corrected chi connectivity index (χ0v) is 12.6. The number of nitrogens with zero attached hydrogens (tertiary/aromatic N) is 1. The third-order valence-electron chi connectivity index (χ3n) is 3.66. The number of hydrogen-bond acceptors (Lipinski definition) is 2. The van der Waals surface area contributed by atoms with Gasteiger partial charge in [-0.05, 0) is 43.4 Å². The van der Waals surface area contributed by atoms with Crippen molar-refractivity contribution in [1.82, 2.24) is 4.90 Å². The molecule has 0 radical (unpaired) electrons. The first-order valence-corrected chi connectivity index (χ1v) is 7.36. The molecule has 0 aromatic heterocycles. The minimum absolute atomic E-state index is 0.0718. The largest absolute Gasteiger partial charge is 0.384 e. The number of anilines is 1. The first kappa shape index (κ1) is 15.4. The van der Waals surface area contributed by atoms with Crippen molar-refractivity contribution in [1.29, 1.82) is 0 Å². The second-order valence-electron chi connectivity index (χ2n) is 5.63. The topological polar surface area (TPSA) is 52.6 Å². The molecule has 2 amide bonds. The van der Waals surface area contributed by atoms with E-state index in [0.717, 1.165) is 30.6 Å². The molecule has 1 atom stereocenters. The Morgan fingerprint density at radius 1 is 1.52 bits per heavy atom. The summed E-state index contributed by atoms with van der Waals surface area (Å²) in [5, 5.41) is 11.8. The highest BCUT2D eigenvalue weighted by Crippen LogP contribution is 2.20. The second-order valence-corrected chi connectivity index (χ2v) is 5.63. The van der Waals surface area contributed by atoms with Gasteiger partial charge in [0.15, 0.2) is 0 Å². The lowest BCUT2D eigenvalue weighted by molar-refractivity contribution is 0.182. The van der Waals surface area contributed by atoms with Crippen LogP contribution in [0, 0.1) is 24.7 Å². The highest BCUT2D eigenvalue weighted by molar-refractivity contribution is 5.91. The number of benzene rings is 1. The third-order valence-corrected chi connectivity index (χ3v) is 3.66. The fourth-order valence-corrected chi connectivity index (χ4v) is 2.57. The summed E-state index contributed by atoms with van der Waals surface area (Å²) < 4.78 is 0. The number of hydrogen-bond donors (Lipinski definition) is 2. The van der Waals surface area contributed by atoms with Crippen LogP contribution in [0.25, 0.3) is 0 Å². The third kappa shape index (κ3) is 4.24. The quantitative estimate of drug-likeness (QED) is 0.780. The van der Waals surface area contributed by atoms with Crippen molar-refractivity contribution >= 4 is 11.7 Å². The van der Waals surface area contributed by atoms with Crippen LogP contribution in [0.2, 0.25) is 0 Å². The second kappa shape index (κ2) is 7.14. The maximum atomic E-state index is 12.3. The molecule has 0 bridgehead atoms. The van der Waals surface area contributed by atoms with Crippen molar-refractivity contribution in [2.75, 3.05) is 25.0 Å². The van der Waals surface area contributed by atoms with E-state index in [4.69, 9.17) is 5.11 Å². The molecule has 2 N–H and O–H groups in total. The van der Waals surface area contributed by atoms with E-state index in [-0.39, 0.29) is 12.6 Å². The Morgan fingerprint density at radius 2 is 2.33 bits per heavy atom. The van der Waals surface area contributed by atoms with Crippen molar-refractivity contribution in [2.24, 2.45) is 5.92 Å². The SMILES string of the molecule is Cc1ccc(NC(=O)N2CCCC(C)C2)c(C#CCO)c1. The highest BCUT2D eigenvalue weighted by Gasteiger charge is 2.21. The normalized spacial score (nSPS) is 17.9. The van der Waals surface area contributed by atoms with E-state index in [0.29, 0.717) is 11.6 Å². The van der Waals surface area contributed by atoms with Gasteiger partial charge in [-0.2, -0.15) is 0 Å². The lowest BCUT2D eigenvalue weighted by atomic mass is 10.0. The average Bonchev–Trinajstić information content (AvgIpc) is 2.47.